The average Bonchev–Trinajstić information content (AvgIpc) is 3.35. The molecule has 1 N–H and O–H groups in total. The van der Waals surface area contributed by atoms with E-state index < -0.39 is 16.9 Å². The SMILES string of the molecule is N#CC1(C#N)[C@H](c2ccc(Br)cc2)N2CCC[C@H]2[C@@]12C(=O)Nc1ccccc12. The maximum absolute atomic E-state index is 13.5. The number of benzene rings is 2. The molecule has 2 saturated heterocycles. The highest BCUT2D eigenvalue weighted by molar-refractivity contribution is 9.10. The number of amides is 1. The van der Waals surface area contributed by atoms with Crippen LogP contribution < -0.4 is 5.32 Å². The lowest BCUT2D eigenvalue weighted by Crippen LogP contribution is -2.53. The summed E-state index contributed by atoms with van der Waals surface area (Å²) in [7, 11) is 0. The van der Waals surface area contributed by atoms with Crippen molar-refractivity contribution in [3.63, 3.8) is 0 Å². The Morgan fingerprint density at radius 1 is 1.11 bits per heavy atom. The van der Waals surface area contributed by atoms with Crippen molar-refractivity contribution in [1.29, 1.82) is 10.5 Å². The Balaban J connectivity index is 1.84. The van der Waals surface area contributed by atoms with Crippen LogP contribution in [0.25, 0.3) is 0 Å². The number of fused-ring (bicyclic) bond motifs is 4. The van der Waals surface area contributed by atoms with Gasteiger partial charge in [-0.3, -0.25) is 9.69 Å². The number of para-hydroxylation sites is 1. The van der Waals surface area contributed by atoms with Crippen LogP contribution >= 0.6 is 15.9 Å². The first-order valence-electron chi connectivity index (χ1n) is 9.35. The number of nitrogens with zero attached hydrogens (tertiary/aromatic N) is 3. The molecule has 1 spiro atoms. The van der Waals surface area contributed by atoms with E-state index in [2.05, 4.69) is 38.3 Å². The van der Waals surface area contributed by atoms with Crippen molar-refractivity contribution >= 4 is 27.5 Å². The molecule has 3 heterocycles. The van der Waals surface area contributed by atoms with Crippen LogP contribution in [0.4, 0.5) is 5.69 Å². The first kappa shape index (κ1) is 17.4. The highest BCUT2D eigenvalue weighted by atomic mass is 79.9. The monoisotopic (exact) mass is 432 g/mol. The Morgan fingerprint density at radius 2 is 1.82 bits per heavy atom. The van der Waals surface area contributed by atoms with Gasteiger partial charge in [0, 0.05) is 16.2 Å². The van der Waals surface area contributed by atoms with Crippen molar-refractivity contribution in [2.75, 3.05) is 11.9 Å². The lowest BCUT2D eigenvalue weighted by atomic mass is 9.57. The number of nitrogens with one attached hydrogen (secondary N) is 1. The molecule has 0 aromatic heterocycles. The van der Waals surface area contributed by atoms with Gasteiger partial charge in [0.15, 0.2) is 5.41 Å². The summed E-state index contributed by atoms with van der Waals surface area (Å²) in [5, 5.41) is 23.8. The summed E-state index contributed by atoms with van der Waals surface area (Å²) in [5.74, 6) is -0.228. The van der Waals surface area contributed by atoms with E-state index in [9.17, 15) is 15.3 Å². The van der Waals surface area contributed by atoms with E-state index in [1.54, 1.807) is 0 Å². The fourth-order valence-corrected chi connectivity index (χ4v) is 5.97. The van der Waals surface area contributed by atoms with Crippen molar-refractivity contribution in [2.24, 2.45) is 5.41 Å². The number of anilines is 1. The van der Waals surface area contributed by atoms with Gasteiger partial charge >= 0.3 is 0 Å². The topological polar surface area (TPSA) is 79.9 Å². The molecule has 138 valence electrons. The summed E-state index contributed by atoms with van der Waals surface area (Å²) in [5.41, 5.74) is -0.318. The van der Waals surface area contributed by atoms with Crippen LogP contribution in [0.2, 0.25) is 0 Å². The number of hydrogen-bond donors (Lipinski definition) is 1. The normalized spacial score (nSPS) is 29.8. The van der Waals surface area contributed by atoms with E-state index in [0.717, 1.165) is 35.0 Å². The summed E-state index contributed by atoms with van der Waals surface area (Å²) in [6.07, 6.45) is 1.74. The molecule has 3 aliphatic rings. The quantitative estimate of drug-likeness (QED) is 0.740. The Bertz CT molecular complexity index is 1050. The Labute approximate surface area is 171 Å². The largest absolute Gasteiger partial charge is 0.325 e. The van der Waals surface area contributed by atoms with Crippen molar-refractivity contribution in [1.82, 2.24) is 4.90 Å². The van der Waals surface area contributed by atoms with E-state index in [4.69, 9.17) is 0 Å². The third-order valence-corrected chi connectivity index (χ3v) is 7.18. The molecule has 1 amide bonds. The summed E-state index contributed by atoms with van der Waals surface area (Å²) in [4.78, 5) is 15.7. The number of nitriles is 2. The van der Waals surface area contributed by atoms with E-state index >= 15 is 0 Å². The highest BCUT2D eigenvalue weighted by Gasteiger charge is 2.76. The minimum atomic E-state index is -1.51. The maximum atomic E-state index is 13.5. The Morgan fingerprint density at radius 3 is 2.54 bits per heavy atom. The standard InChI is InChI=1S/C22H17BrN4O/c23-15-9-7-14(8-10-15)19-21(12-24,13-25)22(18-6-3-11-27(18)19)16-4-1-2-5-17(16)26-20(22)28/h1-2,4-5,7-10,18-19H,3,6,11H2,(H,26,28)/t18-,19-,22-/m0/s1. The zero-order valence-electron chi connectivity index (χ0n) is 15.0. The van der Waals surface area contributed by atoms with Gasteiger partial charge in [-0.1, -0.05) is 46.3 Å². The molecular weight excluding hydrogens is 416 g/mol. The van der Waals surface area contributed by atoms with Gasteiger partial charge < -0.3 is 5.32 Å². The molecule has 2 aromatic rings. The van der Waals surface area contributed by atoms with Crippen LogP contribution in [0.5, 0.6) is 0 Å². The van der Waals surface area contributed by atoms with Gasteiger partial charge in [0.05, 0.1) is 18.2 Å². The van der Waals surface area contributed by atoms with Gasteiger partial charge in [-0.2, -0.15) is 10.5 Å². The molecule has 3 aliphatic heterocycles. The number of carbonyl (C=O) groups is 1. The molecule has 0 radical (unpaired) electrons. The third-order valence-electron chi connectivity index (χ3n) is 6.65. The number of carbonyl (C=O) groups excluding carboxylic acids is 1. The minimum absolute atomic E-state index is 0.177. The van der Waals surface area contributed by atoms with Gasteiger partial charge in [-0.05, 0) is 48.7 Å². The van der Waals surface area contributed by atoms with E-state index in [0.29, 0.717) is 5.69 Å². The predicted molar refractivity (Wildman–Crippen MR) is 107 cm³/mol. The summed E-state index contributed by atoms with van der Waals surface area (Å²) in [6.45, 7) is 0.772. The molecule has 28 heavy (non-hydrogen) atoms. The second-order valence-electron chi connectivity index (χ2n) is 7.69. The fraction of sp³-hybridized carbons (Fsp3) is 0.318. The number of hydrogen-bond acceptors (Lipinski definition) is 4. The van der Waals surface area contributed by atoms with E-state index in [1.807, 2.05) is 48.5 Å². The molecular formula is C22H17BrN4O. The molecule has 5 nitrogen and oxygen atoms in total. The third kappa shape index (κ3) is 1.85. The van der Waals surface area contributed by atoms with Crippen molar-refractivity contribution in [2.45, 2.75) is 30.3 Å². The maximum Gasteiger partial charge on any atom is 0.239 e. The lowest BCUT2D eigenvalue weighted by Gasteiger charge is -2.36. The summed E-state index contributed by atoms with van der Waals surface area (Å²) >= 11 is 3.46. The average molecular weight is 433 g/mol. The summed E-state index contributed by atoms with van der Waals surface area (Å²) < 4.78 is 0.936. The van der Waals surface area contributed by atoms with Gasteiger partial charge in [0.25, 0.3) is 0 Å². The lowest BCUT2D eigenvalue weighted by molar-refractivity contribution is -0.123. The van der Waals surface area contributed by atoms with Crippen LogP contribution in [0.1, 0.15) is 30.0 Å². The molecule has 0 aliphatic carbocycles. The van der Waals surface area contributed by atoms with Gasteiger partial charge in [-0.25, -0.2) is 0 Å². The molecule has 3 atom stereocenters. The summed E-state index contributed by atoms with van der Waals surface area (Å²) in [6, 6.07) is 19.3. The highest BCUT2D eigenvalue weighted by Crippen LogP contribution is 2.66. The minimum Gasteiger partial charge on any atom is -0.325 e. The molecule has 2 aromatic carbocycles. The van der Waals surface area contributed by atoms with Gasteiger partial charge in [-0.15, -0.1) is 0 Å². The number of halogens is 1. The van der Waals surface area contributed by atoms with Crippen molar-refractivity contribution < 1.29 is 4.79 Å². The van der Waals surface area contributed by atoms with Crippen LogP contribution in [0.3, 0.4) is 0 Å². The van der Waals surface area contributed by atoms with Crippen LogP contribution in [0.15, 0.2) is 53.0 Å². The fourth-order valence-electron chi connectivity index (χ4n) is 5.70. The van der Waals surface area contributed by atoms with E-state index in [1.165, 1.54) is 0 Å². The zero-order chi connectivity index (χ0) is 19.5. The van der Waals surface area contributed by atoms with Crippen LogP contribution in [-0.2, 0) is 10.2 Å². The van der Waals surface area contributed by atoms with Gasteiger partial charge in [0.2, 0.25) is 5.91 Å². The van der Waals surface area contributed by atoms with Crippen LogP contribution in [-0.4, -0.2) is 23.4 Å². The first-order valence-corrected chi connectivity index (χ1v) is 10.1. The van der Waals surface area contributed by atoms with Crippen molar-refractivity contribution in [3.8, 4) is 12.1 Å². The molecule has 5 rings (SSSR count). The molecule has 0 unspecified atom stereocenters. The molecule has 2 fully saturated rings. The smallest absolute Gasteiger partial charge is 0.239 e. The Hall–Kier alpha value is -2.67. The predicted octanol–water partition coefficient (Wildman–Crippen LogP) is 3.89. The van der Waals surface area contributed by atoms with Gasteiger partial charge in [0.1, 0.15) is 5.41 Å². The Kier molecular flexibility index (Phi) is 3.68. The van der Waals surface area contributed by atoms with E-state index in [-0.39, 0.29) is 11.9 Å². The number of rotatable bonds is 1. The second kappa shape index (κ2) is 5.91. The zero-order valence-corrected chi connectivity index (χ0v) is 16.6. The van der Waals surface area contributed by atoms with Crippen LogP contribution in [0, 0.1) is 28.1 Å². The molecule has 6 heteroatoms. The molecule has 0 saturated carbocycles. The first-order chi connectivity index (χ1) is 13.6. The second-order valence-corrected chi connectivity index (χ2v) is 8.60. The molecule has 0 bridgehead atoms. The van der Waals surface area contributed by atoms with Crippen molar-refractivity contribution in [3.05, 3.63) is 64.1 Å².